The number of fused-ring (bicyclic) bond motifs is 3. The van der Waals surface area contributed by atoms with E-state index in [1.54, 1.807) is 31.4 Å². The van der Waals surface area contributed by atoms with Crippen LogP contribution in [0, 0.1) is 5.92 Å². The van der Waals surface area contributed by atoms with Crippen molar-refractivity contribution in [2.24, 2.45) is 15.9 Å². The molecule has 2 unspecified atom stereocenters. The minimum absolute atomic E-state index is 0.0493. The van der Waals surface area contributed by atoms with Gasteiger partial charge in [-0.1, -0.05) is 37.7 Å². The Balaban J connectivity index is 1.58. The SMILES string of the molecule is COc1ccc(NC(=O)C(C)SC2=Nc3ccccc3C3=NC(=O)C(C(C)C)N23)cc1. The molecule has 2 atom stereocenters. The molecule has 2 aliphatic heterocycles. The summed E-state index contributed by atoms with van der Waals surface area (Å²) in [5, 5.41) is 3.09. The lowest BCUT2D eigenvalue weighted by atomic mass is 10.0. The number of ether oxygens (including phenoxy) is 1. The van der Waals surface area contributed by atoms with Gasteiger partial charge in [-0.15, -0.1) is 0 Å². The average Bonchev–Trinajstić information content (AvgIpc) is 3.12. The molecule has 160 valence electrons. The van der Waals surface area contributed by atoms with Crippen LogP contribution in [0.15, 0.2) is 58.5 Å². The Labute approximate surface area is 185 Å². The molecular weight excluding hydrogens is 412 g/mol. The van der Waals surface area contributed by atoms with Gasteiger partial charge in [-0.05, 0) is 49.2 Å². The second-order valence-electron chi connectivity index (χ2n) is 7.72. The van der Waals surface area contributed by atoms with Crippen LogP contribution in [0.2, 0.25) is 0 Å². The van der Waals surface area contributed by atoms with Crippen LogP contribution in [0.3, 0.4) is 0 Å². The number of rotatable bonds is 5. The van der Waals surface area contributed by atoms with Crippen molar-refractivity contribution in [1.82, 2.24) is 4.90 Å². The number of methoxy groups -OCH3 is 1. The van der Waals surface area contributed by atoms with Crippen LogP contribution >= 0.6 is 11.8 Å². The standard InChI is InChI=1S/C23H24N4O3S/c1-13(2)19-22(29)26-20-17-7-5-6-8-18(17)25-23(27(19)20)31-14(3)21(28)24-15-9-11-16(30-4)12-10-15/h5-14,19H,1-4H3,(H,24,28). The third kappa shape index (κ3) is 4.07. The molecule has 7 nitrogen and oxygen atoms in total. The highest BCUT2D eigenvalue weighted by atomic mass is 32.2. The van der Waals surface area contributed by atoms with Gasteiger partial charge in [-0.25, -0.2) is 4.99 Å². The third-order valence-electron chi connectivity index (χ3n) is 5.18. The van der Waals surface area contributed by atoms with Gasteiger partial charge in [-0.3, -0.25) is 14.5 Å². The number of anilines is 1. The summed E-state index contributed by atoms with van der Waals surface area (Å²) in [6, 6.07) is 14.4. The van der Waals surface area contributed by atoms with E-state index in [9.17, 15) is 9.59 Å². The van der Waals surface area contributed by atoms with Crippen LogP contribution in [-0.4, -0.2) is 46.1 Å². The quantitative estimate of drug-likeness (QED) is 0.764. The summed E-state index contributed by atoms with van der Waals surface area (Å²) < 4.78 is 5.15. The first-order valence-corrected chi connectivity index (χ1v) is 11.0. The number of benzene rings is 2. The molecule has 4 rings (SSSR count). The van der Waals surface area contributed by atoms with Gasteiger partial charge >= 0.3 is 0 Å². The average molecular weight is 437 g/mol. The number of carbonyl (C=O) groups is 2. The Bertz CT molecular complexity index is 1080. The normalized spacial score (nSPS) is 18.2. The van der Waals surface area contributed by atoms with Gasteiger partial charge < -0.3 is 10.1 Å². The number of nitrogens with one attached hydrogen (secondary N) is 1. The molecule has 2 aromatic rings. The summed E-state index contributed by atoms with van der Waals surface area (Å²) in [6.07, 6.45) is 0. The minimum Gasteiger partial charge on any atom is -0.497 e. The maximum Gasteiger partial charge on any atom is 0.271 e. The number of hydrogen-bond donors (Lipinski definition) is 1. The van der Waals surface area contributed by atoms with E-state index in [0.717, 1.165) is 17.0 Å². The summed E-state index contributed by atoms with van der Waals surface area (Å²) in [5.74, 6) is 1.06. The van der Waals surface area contributed by atoms with Gasteiger partial charge in [0.25, 0.3) is 5.91 Å². The van der Waals surface area contributed by atoms with Crippen molar-refractivity contribution in [3.05, 3.63) is 54.1 Å². The number of para-hydroxylation sites is 1. The highest BCUT2D eigenvalue weighted by Crippen LogP contribution is 2.37. The monoisotopic (exact) mass is 436 g/mol. The lowest BCUT2D eigenvalue weighted by molar-refractivity contribution is -0.120. The van der Waals surface area contributed by atoms with Gasteiger partial charge in [0.05, 0.1) is 18.0 Å². The number of thioether (sulfide) groups is 1. The van der Waals surface area contributed by atoms with Crippen LogP contribution in [-0.2, 0) is 9.59 Å². The molecule has 0 fully saturated rings. The topological polar surface area (TPSA) is 83.4 Å². The largest absolute Gasteiger partial charge is 0.497 e. The minimum atomic E-state index is -0.434. The van der Waals surface area contributed by atoms with Crippen LogP contribution in [0.4, 0.5) is 11.4 Å². The van der Waals surface area contributed by atoms with Crippen LogP contribution in [0.25, 0.3) is 0 Å². The van der Waals surface area contributed by atoms with Crippen molar-refractivity contribution < 1.29 is 14.3 Å². The summed E-state index contributed by atoms with van der Waals surface area (Å²) in [4.78, 5) is 36.5. The second kappa shape index (κ2) is 8.55. The summed E-state index contributed by atoms with van der Waals surface area (Å²) in [5.41, 5.74) is 2.27. The molecule has 2 heterocycles. The molecule has 0 radical (unpaired) electrons. The van der Waals surface area contributed by atoms with E-state index in [-0.39, 0.29) is 17.7 Å². The van der Waals surface area contributed by atoms with Gasteiger partial charge in [-0.2, -0.15) is 4.99 Å². The number of aliphatic imine (C=N–C) groups is 2. The lowest BCUT2D eigenvalue weighted by Crippen LogP contribution is -2.47. The van der Waals surface area contributed by atoms with E-state index in [4.69, 9.17) is 9.73 Å². The van der Waals surface area contributed by atoms with Crippen LogP contribution < -0.4 is 10.1 Å². The maximum atomic E-state index is 12.8. The highest BCUT2D eigenvalue weighted by Gasteiger charge is 2.43. The van der Waals surface area contributed by atoms with Crippen molar-refractivity contribution in [1.29, 1.82) is 0 Å². The zero-order chi connectivity index (χ0) is 22.1. The Kier molecular flexibility index (Phi) is 5.82. The van der Waals surface area contributed by atoms with E-state index in [1.807, 2.05) is 49.9 Å². The molecule has 1 N–H and O–H groups in total. The van der Waals surface area contributed by atoms with E-state index in [2.05, 4.69) is 10.3 Å². The number of carbonyl (C=O) groups excluding carboxylic acids is 2. The Hall–Kier alpha value is -3.13. The van der Waals surface area contributed by atoms with Crippen molar-refractivity contribution >= 4 is 46.0 Å². The fourth-order valence-electron chi connectivity index (χ4n) is 3.58. The zero-order valence-electron chi connectivity index (χ0n) is 17.8. The molecule has 0 bridgehead atoms. The summed E-state index contributed by atoms with van der Waals surface area (Å²) in [7, 11) is 1.60. The molecule has 2 amide bonds. The summed E-state index contributed by atoms with van der Waals surface area (Å²) in [6.45, 7) is 5.80. The molecule has 0 saturated carbocycles. The first-order valence-electron chi connectivity index (χ1n) is 10.1. The van der Waals surface area contributed by atoms with E-state index < -0.39 is 11.3 Å². The third-order valence-corrected chi connectivity index (χ3v) is 6.25. The number of amidine groups is 2. The molecule has 31 heavy (non-hydrogen) atoms. The Morgan fingerprint density at radius 2 is 1.81 bits per heavy atom. The molecule has 2 aromatic carbocycles. The van der Waals surface area contributed by atoms with E-state index >= 15 is 0 Å². The Morgan fingerprint density at radius 3 is 2.48 bits per heavy atom. The van der Waals surface area contributed by atoms with Gasteiger partial charge in [0.2, 0.25) is 5.91 Å². The molecule has 2 aliphatic rings. The van der Waals surface area contributed by atoms with Crippen LogP contribution in [0.5, 0.6) is 5.75 Å². The Morgan fingerprint density at radius 1 is 1.10 bits per heavy atom. The van der Waals surface area contributed by atoms with E-state index in [1.165, 1.54) is 11.8 Å². The van der Waals surface area contributed by atoms with Crippen molar-refractivity contribution in [3.8, 4) is 5.75 Å². The number of hydrogen-bond acceptors (Lipinski definition) is 6. The lowest BCUT2D eigenvalue weighted by Gasteiger charge is -2.33. The maximum absolute atomic E-state index is 12.8. The molecule has 8 heteroatoms. The first kappa shape index (κ1) is 21.1. The molecular formula is C23H24N4O3S. The highest BCUT2D eigenvalue weighted by molar-refractivity contribution is 8.14. The summed E-state index contributed by atoms with van der Waals surface area (Å²) >= 11 is 1.32. The molecule has 0 saturated heterocycles. The fraction of sp³-hybridized carbons (Fsp3) is 0.304. The zero-order valence-corrected chi connectivity index (χ0v) is 18.6. The predicted octanol–water partition coefficient (Wildman–Crippen LogP) is 4.07. The number of amides is 2. The molecule has 0 aliphatic carbocycles. The predicted molar refractivity (Wildman–Crippen MR) is 124 cm³/mol. The fourth-order valence-corrected chi connectivity index (χ4v) is 4.53. The van der Waals surface area contributed by atoms with E-state index in [0.29, 0.717) is 16.7 Å². The van der Waals surface area contributed by atoms with Gasteiger partial charge in [0.1, 0.15) is 17.6 Å². The van der Waals surface area contributed by atoms with Gasteiger partial charge in [0.15, 0.2) is 5.17 Å². The number of nitrogens with zero attached hydrogens (tertiary/aromatic N) is 3. The van der Waals surface area contributed by atoms with Crippen molar-refractivity contribution in [2.45, 2.75) is 32.1 Å². The first-order chi connectivity index (χ1) is 14.9. The molecule has 0 spiro atoms. The second-order valence-corrected chi connectivity index (χ2v) is 9.03. The van der Waals surface area contributed by atoms with Crippen molar-refractivity contribution in [2.75, 3.05) is 12.4 Å². The van der Waals surface area contributed by atoms with Gasteiger partial charge in [0, 0.05) is 11.3 Å². The molecule has 0 aromatic heterocycles. The van der Waals surface area contributed by atoms with Crippen LogP contribution in [0.1, 0.15) is 26.3 Å². The van der Waals surface area contributed by atoms with Crippen molar-refractivity contribution in [3.63, 3.8) is 0 Å². The smallest absolute Gasteiger partial charge is 0.271 e.